The van der Waals surface area contributed by atoms with Crippen molar-refractivity contribution in [2.45, 2.75) is 19.5 Å². The second-order valence-corrected chi connectivity index (χ2v) is 6.20. The lowest BCUT2D eigenvalue weighted by atomic mass is 10.1. The van der Waals surface area contributed by atoms with Gasteiger partial charge in [0.2, 0.25) is 0 Å². The molecule has 0 radical (unpaired) electrons. The highest BCUT2D eigenvalue weighted by atomic mass is 15.3. The number of piperazine rings is 1. The molecule has 0 spiro atoms. The van der Waals surface area contributed by atoms with Gasteiger partial charge in [-0.15, -0.1) is 0 Å². The number of nitrogens with zero attached hydrogens (tertiary/aromatic N) is 5. The van der Waals surface area contributed by atoms with Crippen molar-refractivity contribution in [1.82, 2.24) is 29.2 Å². The number of aryl methyl sites for hydroxylation is 2. The van der Waals surface area contributed by atoms with E-state index < -0.39 is 0 Å². The molecule has 4 heterocycles. The summed E-state index contributed by atoms with van der Waals surface area (Å²) in [6, 6.07) is 6.54. The van der Waals surface area contributed by atoms with E-state index in [1.54, 1.807) is 0 Å². The average molecular weight is 310 g/mol. The number of imidazole rings is 2. The van der Waals surface area contributed by atoms with E-state index in [2.05, 4.69) is 61.3 Å². The van der Waals surface area contributed by atoms with Crippen LogP contribution in [-0.2, 0) is 13.6 Å². The van der Waals surface area contributed by atoms with Gasteiger partial charge in [0.25, 0.3) is 0 Å². The molecule has 4 rings (SSSR count). The molecule has 0 aliphatic carbocycles. The molecular formula is C17H22N6. The first-order valence-electron chi connectivity index (χ1n) is 8.08. The molecule has 1 aliphatic rings. The van der Waals surface area contributed by atoms with Gasteiger partial charge in [0, 0.05) is 51.3 Å². The monoisotopic (exact) mass is 310 g/mol. The Morgan fingerprint density at radius 2 is 2.22 bits per heavy atom. The third-order valence-electron chi connectivity index (χ3n) is 4.67. The van der Waals surface area contributed by atoms with Gasteiger partial charge in [-0.1, -0.05) is 6.07 Å². The van der Waals surface area contributed by atoms with Crippen LogP contribution in [0, 0.1) is 6.92 Å². The predicted molar refractivity (Wildman–Crippen MR) is 89.2 cm³/mol. The summed E-state index contributed by atoms with van der Waals surface area (Å²) in [5, 5.41) is 3.49. The quantitative estimate of drug-likeness (QED) is 0.797. The van der Waals surface area contributed by atoms with Crippen molar-refractivity contribution in [3.05, 3.63) is 54.0 Å². The van der Waals surface area contributed by atoms with Crippen molar-refractivity contribution in [3.63, 3.8) is 0 Å². The molecule has 0 saturated carbocycles. The van der Waals surface area contributed by atoms with Crippen LogP contribution in [-0.4, -0.2) is 43.5 Å². The first-order chi connectivity index (χ1) is 11.2. The normalized spacial score (nSPS) is 19.5. The van der Waals surface area contributed by atoms with Crippen molar-refractivity contribution in [3.8, 4) is 0 Å². The van der Waals surface area contributed by atoms with E-state index in [1.165, 1.54) is 11.4 Å². The first kappa shape index (κ1) is 14.4. The molecule has 3 aromatic heterocycles. The smallest absolute Gasteiger partial charge is 0.137 e. The Bertz CT molecular complexity index is 817. The lowest BCUT2D eigenvalue weighted by molar-refractivity contribution is 0.142. The SMILES string of the molecule is Cc1cccc2ncc(CN3CCNCC3c3nccn3C)n12. The zero-order valence-corrected chi connectivity index (χ0v) is 13.6. The van der Waals surface area contributed by atoms with Crippen LogP contribution in [0.2, 0.25) is 0 Å². The number of nitrogens with one attached hydrogen (secondary N) is 1. The summed E-state index contributed by atoms with van der Waals surface area (Å²) in [4.78, 5) is 11.6. The van der Waals surface area contributed by atoms with Crippen LogP contribution in [0.5, 0.6) is 0 Å². The molecule has 0 aromatic carbocycles. The minimum atomic E-state index is 0.290. The Hall–Kier alpha value is -2.18. The summed E-state index contributed by atoms with van der Waals surface area (Å²) in [6.07, 6.45) is 5.89. The minimum absolute atomic E-state index is 0.290. The van der Waals surface area contributed by atoms with Gasteiger partial charge in [-0.2, -0.15) is 0 Å². The second kappa shape index (κ2) is 5.79. The van der Waals surface area contributed by atoms with Gasteiger partial charge in [0.15, 0.2) is 0 Å². The molecule has 1 saturated heterocycles. The standard InChI is InChI=1S/C17H22N6/c1-13-4-3-5-16-20-10-14(23(13)16)12-22-9-6-18-11-15(22)17-19-7-8-21(17)2/h3-5,7-8,10,15,18H,6,9,11-12H2,1-2H3. The van der Waals surface area contributed by atoms with Crippen molar-refractivity contribution in [1.29, 1.82) is 0 Å². The topological polar surface area (TPSA) is 50.4 Å². The Labute approximate surface area is 135 Å². The number of pyridine rings is 1. The van der Waals surface area contributed by atoms with Crippen molar-refractivity contribution in [2.75, 3.05) is 19.6 Å². The summed E-state index contributed by atoms with van der Waals surface area (Å²) in [5.41, 5.74) is 3.47. The van der Waals surface area contributed by atoms with Crippen LogP contribution in [0.15, 0.2) is 36.8 Å². The fourth-order valence-electron chi connectivity index (χ4n) is 3.48. The molecule has 0 amide bonds. The van der Waals surface area contributed by atoms with Gasteiger partial charge in [0.1, 0.15) is 11.5 Å². The van der Waals surface area contributed by atoms with E-state index in [4.69, 9.17) is 0 Å². The lowest BCUT2D eigenvalue weighted by Crippen LogP contribution is -2.46. The van der Waals surface area contributed by atoms with Crippen LogP contribution in [0.4, 0.5) is 0 Å². The molecule has 120 valence electrons. The summed E-state index contributed by atoms with van der Waals surface area (Å²) in [5.74, 6) is 1.11. The highest BCUT2D eigenvalue weighted by Gasteiger charge is 2.27. The van der Waals surface area contributed by atoms with Gasteiger partial charge in [-0.25, -0.2) is 9.97 Å². The van der Waals surface area contributed by atoms with Crippen LogP contribution in [0.1, 0.15) is 23.3 Å². The summed E-state index contributed by atoms with van der Waals surface area (Å²) < 4.78 is 4.36. The lowest BCUT2D eigenvalue weighted by Gasteiger charge is -2.35. The molecule has 1 aliphatic heterocycles. The molecule has 1 atom stereocenters. The number of aromatic nitrogens is 4. The molecule has 6 heteroatoms. The molecule has 1 fully saturated rings. The van der Waals surface area contributed by atoms with Gasteiger partial charge in [0.05, 0.1) is 17.9 Å². The third-order valence-corrected chi connectivity index (χ3v) is 4.67. The van der Waals surface area contributed by atoms with E-state index in [0.717, 1.165) is 37.7 Å². The fraction of sp³-hybridized carbons (Fsp3) is 0.412. The van der Waals surface area contributed by atoms with Gasteiger partial charge in [-0.05, 0) is 19.1 Å². The maximum absolute atomic E-state index is 4.56. The molecule has 23 heavy (non-hydrogen) atoms. The van der Waals surface area contributed by atoms with Crippen LogP contribution in [0.3, 0.4) is 0 Å². The Morgan fingerprint density at radius 1 is 1.30 bits per heavy atom. The maximum Gasteiger partial charge on any atom is 0.137 e. The van der Waals surface area contributed by atoms with Gasteiger partial charge < -0.3 is 14.3 Å². The predicted octanol–water partition coefficient (Wildman–Crippen LogP) is 1.52. The van der Waals surface area contributed by atoms with Crippen molar-refractivity contribution in [2.24, 2.45) is 7.05 Å². The van der Waals surface area contributed by atoms with Crippen LogP contribution in [0.25, 0.3) is 5.65 Å². The summed E-state index contributed by atoms with van der Waals surface area (Å²) in [6.45, 7) is 5.96. The third kappa shape index (κ3) is 2.54. The Balaban J connectivity index is 1.67. The molecule has 6 nitrogen and oxygen atoms in total. The first-order valence-corrected chi connectivity index (χ1v) is 8.08. The zero-order chi connectivity index (χ0) is 15.8. The molecule has 1 unspecified atom stereocenters. The largest absolute Gasteiger partial charge is 0.337 e. The number of fused-ring (bicyclic) bond motifs is 1. The highest BCUT2D eigenvalue weighted by Crippen LogP contribution is 2.23. The second-order valence-electron chi connectivity index (χ2n) is 6.20. The van der Waals surface area contributed by atoms with E-state index >= 15 is 0 Å². The molecule has 1 N–H and O–H groups in total. The summed E-state index contributed by atoms with van der Waals surface area (Å²) >= 11 is 0. The van der Waals surface area contributed by atoms with Crippen molar-refractivity contribution >= 4 is 5.65 Å². The van der Waals surface area contributed by atoms with Crippen LogP contribution < -0.4 is 5.32 Å². The molecular weight excluding hydrogens is 288 g/mol. The van der Waals surface area contributed by atoms with E-state index in [1.807, 2.05) is 18.6 Å². The zero-order valence-electron chi connectivity index (χ0n) is 13.6. The van der Waals surface area contributed by atoms with E-state index in [9.17, 15) is 0 Å². The summed E-state index contributed by atoms with van der Waals surface area (Å²) in [7, 11) is 2.06. The fourth-order valence-corrected chi connectivity index (χ4v) is 3.48. The van der Waals surface area contributed by atoms with E-state index in [-0.39, 0.29) is 0 Å². The van der Waals surface area contributed by atoms with Gasteiger partial charge >= 0.3 is 0 Å². The number of rotatable bonds is 3. The van der Waals surface area contributed by atoms with Crippen LogP contribution >= 0.6 is 0 Å². The number of hydrogen-bond donors (Lipinski definition) is 1. The minimum Gasteiger partial charge on any atom is -0.337 e. The van der Waals surface area contributed by atoms with Gasteiger partial charge in [-0.3, -0.25) is 4.90 Å². The van der Waals surface area contributed by atoms with E-state index in [0.29, 0.717) is 6.04 Å². The maximum atomic E-state index is 4.56. The Kier molecular flexibility index (Phi) is 3.63. The molecule has 0 bridgehead atoms. The highest BCUT2D eigenvalue weighted by molar-refractivity contribution is 5.42. The molecule has 3 aromatic rings. The Morgan fingerprint density at radius 3 is 3.04 bits per heavy atom. The van der Waals surface area contributed by atoms with Crippen molar-refractivity contribution < 1.29 is 0 Å². The number of hydrogen-bond acceptors (Lipinski definition) is 4. The average Bonchev–Trinajstić information content (AvgIpc) is 3.16.